The summed E-state index contributed by atoms with van der Waals surface area (Å²) in [5.41, 5.74) is -2.62. The molecule has 11 heteroatoms. The maximum Gasteiger partial charge on any atom is 0.432 e. The minimum Gasteiger partial charge on any atom is -0.493 e. The highest BCUT2D eigenvalue weighted by Crippen LogP contribution is 2.37. The van der Waals surface area contributed by atoms with Gasteiger partial charge in [-0.25, -0.2) is 30.7 Å². The molecule has 2 nitrogen and oxygen atoms in total. The van der Waals surface area contributed by atoms with Gasteiger partial charge in [-0.2, -0.15) is 8.78 Å². The number of benzene rings is 4. The highest BCUT2D eigenvalue weighted by molar-refractivity contribution is 5.66. The monoisotopic (exact) mass is 594 g/mol. The van der Waals surface area contributed by atoms with E-state index in [1.165, 1.54) is 12.1 Å². The van der Waals surface area contributed by atoms with Gasteiger partial charge in [0.05, 0.1) is 12.2 Å². The quantitative estimate of drug-likeness (QED) is 0.0878. The zero-order chi connectivity index (χ0) is 30.6. The van der Waals surface area contributed by atoms with Gasteiger partial charge in [0.25, 0.3) is 0 Å². The molecule has 0 aliphatic carbocycles. The minimum absolute atomic E-state index is 0.0384. The Morgan fingerprint density at radius 1 is 0.643 bits per heavy atom. The van der Waals surface area contributed by atoms with Crippen molar-refractivity contribution in [1.82, 2.24) is 0 Å². The van der Waals surface area contributed by atoms with Crippen molar-refractivity contribution in [2.45, 2.75) is 25.9 Å². The Hall–Kier alpha value is -4.59. The fourth-order valence-corrected chi connectivity index (χ4v) is 3.78. The van der Waals surface area contributed by atoms with Crippen molar-refractivity contribution in [3.8, 4) is 34.5 Å². The Kier molecular flexibility index (Phi) is 9.05. The van der Waals surface area contributed by atoms with Crippen LogP contribution in [0.2, 0.25) is 0 Å². The van der Waals surface area contributed by atoms with Gasteiger partial charge in [0.2, 0.25) is 0 Å². The van der Waals surface area contributed by atoms with E-state index < -0.39 is 63.7 Å². The maximum absolute atomic E-state index is 14.7. The van der Waals surface area contributed by atoms with Gasteiger partial charge in [0, 0.05) is 17.7 Å². The number of unbranched alkanes of at least 4 members (excludes halogenated alkanes) is 1. The first-order chi connectivity index (χ1) is 19.9. The average Bonchev–Trinajstić information content (AvgIpc) is 2.91. The third-order valence-corrected chi connectivity index (χ3v) is 5.86. The summed E-state index contributed by atoms with van der Waals surface area (Å²) < 4.78 is 137. The van der Waals surface area contributed by atoms with Crippen LogP contribution in [0.25, 0.3) is 11.1 Å². The second-order valence-electron chi connectivity index (χ2n) is 8.93. The lowest BCUT2D eigenvalue weighted by molar-refractivity contribution is -0.189. The lowest BCUT2D eigenvalue weighted by Gasteiger charge is -2.20. The molecule has 4 aromatic carbocycles. The van der Waals surface area contributed by atoms with E-state index in [0.717, 1.165) is 30.7 Å². The number of hydrogen-bond acceptors (Lipinski definition) is 2. The fourth-order valence-electron chi connectivity index (χ4n) is 3.78. The van der Waals surface area contributed by atoms with E-state index in [4.69, 9.17) is 4.74 Å². The first-order valence-corrected chi connectivity index (χ1v) is 12.3. The van der Waals surface area contributed by atoms with E-state index in [9.17, 15) is 39.5 Å². The van der Waals surface area contributed by atoms with Crippen LogP contribution in [-0.4, -0.2) is 6.61 Å². The molecule has 0 spiro atoms. The topological polar surface area (TPSA) is 18.5 Å². The van der Waals surface area contributed by atoms with Crippen molar-refractivity contribution < 1.29 is 49.0 Å². The third-order valence-electron chi connectivity index (χ3n) is 5.86. The fraction of sp³-hybridized carbons (Fsp3) is 0.161. The van der Waals surface area contributed by atoms with Crippen molar-refractivity contribution in [3.05, 3.63) is 118 Å². The molecule has 0 aromatic heterocycles. The molecule has 4 aromatic rings. The van der Waals surface area contributed by atoms with Crippen molar-refractivity contribution >= 4 is 0 Å². The molecule has 0 fully saturated rings. The number of halogens is 9. The molecule has 0 amide bonds. The van der Waals surface area contributed by atoms with Crippen LogP contribution in [0.3, 0.4) is 0 Å². The zero-order valence-corrected chi connectivity index (χ0v) is 21.6. The molecule has 0 atom stereocenters. The normalized spacial score (nSPS) is 11.2. The zero-order valence-electron chi connectivity index (χ0n) is 21.6. The van der Waals surface area contributed by atoms with Crippen molar-refractivity contribution in [3.63, 3.8) is 0 Å². The van der Waals surface area contributed by atoms with E-state index in [0.29, 0.717) is 30.7 Å². The number of ether oxygens (including phenoxy) is 2. The molecule has 42 heavy (non-hydrogen) atoms. The Morgan fingerprint density at radius 2 is 1.21 bits per heavy atom. The summed E-state index contributed by atoms with van der Waals surface area (Å²) in [5.74, 6) is -6.74. The largest absolute Gasteiger partial charge is 0.493 e. The van der Waals surface area contributed by atoms with Crippen LogP contribution in [0.4, 0.5) is 39.5 Å². The Labute approximate surface area is 234 Å². The van der Waals surface area contributed by atoms with E-state index in [-0.39, 0.29) is 29.0 Å². The summed E-state index contributed by atoms with van der Waals surface area (Å²) in [6.07, 6.45) is -3.07. The molecular weight excluding hydrogens is 575 g/mol. The van der Waals surface area contributed by atoms with Crippen LogP contribution < -0.4 is 9.47 Å². The van der Waals surface area contributed by atoms with Gasteiger partial charge in [0.1, 0.15) is 40.3 Å². The summed E-state index contributed by atoms with van der Waals surface area (Å²) >= 11 is 0. The smallest absolute Gasteiger partial charge is 0.432 e. The molecule has 0 aliphatic heterocycles. The molecule has 0 radical (unpaired) electrons. The molecule has 4 rings (SSSR count). The molecule has 218 valence electrons. The maximum atomic E-state index is 14.7. The van der Waals surface area contributed by atoms with Crippen LogP contribution in [0.15, 0.2) is 60.7 Å². The van der Waals surface area contributed by atoms with E-state index >= 15 is 0 Å². The van der Waals surface area contributed by atoms with Crippen molar-refractivity contribution in [2.24, 2.45) is 0 Å². The SMILES string of the molecule is CCCCOc1cc(F)c(C(F)(F)Oc2ccc(-c3cc(F)c(C#Cc4cc(F)c(F)c(F)c4)c(F)c3)cc2)c(F)c1. The predicted molar refractivity (Wildman–Crippen MR) is 135 cm³/mol. The standard InChI is InChI=1S/C31H19F9O2/c1-2-3-10-41-21-15-25(34)29(26(35)16-21)31(39,40)42-20-7-5-18(6-8-20)19-13-23(32)22(24(33)14-19)9-4-17-11-27(36)30(38)28(37)12-17/h5-8,11-16H,2-3,10H2,1H3. The van der Waals surface area contributed by atoms with Gasteiger partial charge in [-0.05, 0) is 53.9 Å². The Morgan fingerprint density at radius 3 is 1.76 bits per heavy atom. The van der Waals surface area contributed by atoms with Crippen LogP contribution in [0.1, 0.15) is 36.5 Å². The first kappa shape index (κ1) is 30.4. The van der Waals surface area contributed by atoms with Crippen molar-refractivity contribution in [1.29, 1.82) is 0 Å². The molecule has 0 heterocycles. The summed E-state index contributed by atoms with van der Waals surface area (Å²) in [4.78, 5) is 0. The molecule has 0 aliphatic rings. The number of alkyl halides is 2. The number of hydrogen-bond donors (Lipinski definition) is 0. The van der Waals surface area contributed by atoms with Crippen LogP contribution in [-0.2, 0) is 6.11 Å². The Balaban J connectivity index is 1.52. The summed E-state index contributed by atoms with van der Waals surface area (Å²) in [5, 5.41) is 0. The highest BCUT2D eigenvalue weighted by Gasteiger charge is 2.41. The second kappa shape index (κ2) is 12.5. The van der Waals surface area contributed by atoms with E-state index in [1.807, 2.05) is 6.92 Å². The second-order valence-corrected chi connectivity index (χ2v) is 8.93. The molecule has 0 saturated heterocycles. The molecule has 0 unspecified atom stereocenters. The minimum atomic E-state index is -4.42. The predicted octanol–water partition coefficient (Wildman–Crippen LogP) is 9.03. The van der Waals surface area contributed by atoms with Gasteiger partial charge in [-0.15, -0.1) is 0 Å². The van der Waals surface area contributed by atoms with Crippen LogP contribution in [0.5, 0.6) is 11.5 Å². The van der Waals surface area contributed by atoms with Gasteiger partial charge in [-0.1, -0.05) is 37.3 Å². The lowest BCUT2D eigenvalue weighted by atomic mass is 10.0. The summed E-state index contributed by atoms with van der Waals surface area (Å²) in [7, 11) is 0. The summed E-state index contributed by atoms with van der Waals surface area (Å²) in [6, 6.07) is 8.47. The Bertz CT molecular complexity index is 1600. The third kappa shape index (κ3) is 6.82. The van der Waals surface area contributed by atoms with Gasteiger partial charge >= 0.3 is 6.11 Å². The molecule has 0 saturated carbocycles. The first-order valence-electron chi connectivity index (χ1n) is 12.3. The molecular formula is C31H19F9O2. The van der Waals surface area contributed by atoms with Gasteiger partial charge in [0.15, 0.2) is 17.5 Å². The van der Waals surface area contributed by atoms with Crippen LogP contribution in [0, 0.1) is 52.6 Å². The average molecular weight is 594 g/mol. The van der Waals surface area contributed by atoms with Crippen molar-refractivity contribution in [2.75, 3.05) is 6.61 Å². The summed E-state index contributed by atoms with van der Waals surface area (Å²) in [6.45, 7) is 2.02. The molecule has 0 bridgehead atoms. The number of rotatable bonds is 8. The van der Waals surface area contributed by atoms with E-state index in [2.05, 4.69) is 16.6 Å². The molecule has 0 N–H and O–H groups in total. The lowest BCUT2D eigenvalue weighted by Crippen LogP contribution is -2.25. The van der Waals surface area contributed by atoms with Gasteiger partial charge in [-0.3, -0.25) is 0 Å². The highest BCUT2D eigenvalue weighted by atomic mass is 19.3. The van der Waals surface area contributed by atoms with E-state index in [1.54, 1.807) is 0 Å². The van der Waals surface area contributed by atoms with Crippen LogP contribution >= 0.6 is 0 Å². The van der Waals surface area contributed by atoms with Gasteiger partial charge < -0.3 is 9.47 Å².